The summed E-state index contributed by atoms with van der Waals surface area (Å²) >= 11 is 0. The van der Waals surface area contributed by atoms with Crippen molar-refractivity contribution < 1.29 is 19.0 Å². The zero-order chi connectivity index (χ0) is 17.4. The molecule has 1 aromatic carbocycles. The Balaban J connectivity index is 1.42. The van der Waals surface area contributed by atoms with Crippen molar-refractivity contribution in [2.45, 2.75) is 38.3 Å². The molecule has 2 saturated heterocycles. The number of amides is 2. The van der Waals surface area contributed by atoms with Crippen LogP contribution in [-0.4, -0.2) is 63.9 Å². The Morgan fingerprint density at radius 2 is 2.00 bits per heavy atom. The van der Waals surface area contributed by atoms with Crippen LogP contribution in [0, 0.1) is 0 Å². The number of hydrogen-bond donors (Lipinski definition) is 0. The standard InChI is InChI=1S/C17H20N4O4/c1-2-12-10-24-17(23)21(12)13-5-7-20(8-6-13)16(22)11-3-4-14-15(9-11)19-25-18-14/h3-4,9,12-13H,2,5-8,10H2,1H3. The lowest BCUT2D eigenvalue weighted by Crippen LogP contribution is -2.49. The summed E-state index contributed by atoms with van der Waals surface area (Å²) in [6.07, 6.45) is 2.20. The fourth-order valence-electron chi connectivity index (χ4n) is 3.68. The van der Waals surface area contributed by atoms with Crippen LogP contribution in [0.2, 0.25) is 0 Å². The number of cyclic esters (lactones) is 1. The SMILES string of the molecule is CCC1COC(=O)N1C1CCN(C(=O)c2ccc3nonc3c2)CC1. The van der Waals surface area contributed by atoms with Gasteiger partial charge in [-0.1, -0.05) is 6.92 Å². The fourth-order valence-corrected chi connectivity index (χ4v) is 3.68. The molecule has 0 N–H and O–H groups in total. The van der Waals surface area contributed by atoms with E-state index in [1.165, 1.54) is 0 Å². The molecule has 0 saturated carbocycles. The summed E-state index contributed by atoms with van der Waals surface area (Å²) in [5.41, 5.74) is 1.79. The topological polar surface area (TPSA) is 88.8 Å². The highest BCUT2D eigenvalue weighted by molar-refractivity contribution is 5.97. The van der Waals surface area contributed by atoms with Crippen molar-refractivity contribution >= 4 is 23.0 Å². The first kappa shape index (κ1) is 15.9. The number of ether oxygens (including phenoxy) is 1. The van der Waals surface area contributed by atoms with Crippen molar-refractivity contribution in [1.82, 2.24) is 20.1 Å². The van der Waals surface area contributed by atoms with Crippen LogP contribution in [-0.2, 0) is 4.74 Å². The minimum absolute atomic E-state index is 0.0283. The zero-order valence-corrected chi connectivity index (χ0v) is 14.1. The highest BCUT2D eigenvalue weighted by atomic mass is 16.6. The number of carbonyl (C=O) groups is 2. The van der Waals surface area contributed by atoms with Gasteiger partial charge in [-0.25, -0.2) is 9.42 Å². The Kier molecular flexibility index (Phi) is 4.03. The van der Waals surface area contributed by atoms with E-state index >= 15 is 0 Å². The normalized spacial score (nSPS) is 21.8. The molecule has 2 fully saturated rings. The van der Waals surface area contributed by atoms with Crippen LogP contribution < -0.4 is 0 Å². The average molecular weight is 344 g/mol. The molecule has 0 radical (unpaired) electrons. The van der Waals surface area contributed by atoms with E-state index < -0.39 is 0 Å². The maximum absolute atomic E-state index is 12.7. The van der Waals surface area contributed by atoms with Crippen molar-refractivity contribution in [3.05, 3.63) is 23.8 Å². The molecule has 0 spiro atoms. The van der Waals surface area contributed by atoms with E-state index in [1.807, 2.05) is 9.80 Å². The first-order valence-electron chi connectivity index (χ1n) is 8.64. The summed E-state index contributed by atoms with van der Waals surface area (Å²) < 4.78 is 9.86. The number of benzene rings is 1. The zero-order valence-electron chi connectivity index (χ0n) is 14.1. The Morgan fingerprint density at radius 3 is 2.76 bits per heavy atom. The van der Waals surface area contributed by atoms with Crippen LogP contribution in [0.25, 0.3) is 11.0 Å². The van der Waals surface area contributed by atoms with Crippen LogP contribution in [0.15, 0.2) is 22.8 Å². The molecule has 2 aliphatic rings. The lowest BCUT2D eigenvalue weighted by Gasteiger charge is -2.37. The summed E-state index contributed by atoms with van der Waals surface area (Å²) in [6, 6.07) is 5.47. The molecule has 1 aromatic heterocycles. The first-order chi connectivity index (χ1) is 12.2. The molecular formula is C17H20N4O4. The molecule has 25 heavy (non-hydrogen) atoms. The molecular weight excluding hydrogens is 324 g/mol. The molecule has 2 aromatic rings. The van der Waals surface area contributed by atoms with Gasteiger partial charge in [0, 0.05) is 24.7 Å². The van der Waals surface area contributed by atoms with Gasteiger partial charge in [-0.15, -0.1) is 0 Å². The van der Waals surface area contributed by atoms with Crippen molar-refractivity contribution in [2.75, 3.05) is 19.7 Å². The molecule has 132 valence electrons. The highest BCUT2D eigenvalue weighted by Crippen LogP contribution is 2.26. The quantitative estimate of drug-likeness (QED) is 0.847. The van der Waals surface area contributed by atoms with Crippen LogP contribution in [0.4, 0.5) is 4.79 Å². The number of rotatable bonds is 3. The maximum atomic E-state index is 12.7. The Morgan fingerprint density at radius 1 is 1.24 bits per heavy atom. The second-order valence-electron chi connectivity index (χ2n) is 6.54. The number of nitrogens with zero attached hydrogens (tertiary/aromatic N) is 4. The van der Waals surface area contributed by atoms with E-state index in [4.69, 9.17) is 4.74 Å². The van der Waals surface area contributed by atoms with Crippen molar-refractivity contribution in [1.29, 1.82) is 0 Å². The largest absolute Gasteiger partial charge is 0.447 e. The number of hydrogen-bond acceptors (Lipinski definition) is 6. The van der Waals surface area contributed by atoms with Gasteiger partial charge >= 0.3 is 6.09 Å². The summed E-state index contributed by atoms with van der Waals surface area (Å²) in [5.74, 6) is -0.0283. The summed E-state index contributed by atoms with van der Waals surface area (Å²) in [7, 11) is 0. The van der Waals surface area contributed by atoms with Crippen molar-refractivity contribution in [3.8, 4) is 0 Å². The second-order valence-corrected chi connectivity index (χ2v) is 6.54. The molecule has 0 aliphatic carbocycles. The van der Waals surface area contributed by atoms with Gasteiger partial charge in [0.05, 0.1) is 6.04 Å². The third kappa shape index (κ3) is 2.81. The first-order valence-corrected chi connectivity index (χ1v) is 8.64. The second kappa shape index (κ2) is 6.34. The predicted octanol–water partition coefficient (Wildman–Crippen LogP) is 2.06. The van der Waals surface area contributed by atoms with Gasteiger partial charge in [-0.05, 0) is 47.8 Å². The van der Waals surface area contributed by atoms with Gasteiger partial charge in [0.1, 0.15) is 17.6 Å². The molecule has 2 aliphatic heterocycles. The summed E-state index contributed by atoms with van der Waals surface area (Å²) in [6.45, 7) is 3.78. The maximum Gasteiger partial charge on any atom is 0.410 e. The lowest BCUT2D eigenvalue weighted by atomic mass is 10.0. The third-order valence-corrected chi connectivity index (χ3v) is 5.12. The van der Waals surface area contributed by atoms with Crippen LogP contribution >= 0.6 is 0 Å². The number of aromatic nitrogens is 2. The molecule has 8 heteroatoms. The Bertz CT molecular complexity index is 797. The van der Waals surface area contributed by atoms with Crippen LogP contribution in [0.1, 0.15) is 36.5 Å². The summed E-state index contributed by atoms with van der Waals surface area (Å²) in [5, 5.41) is 7.53. The lowest BCUT2D eigenvalue weighted by molar-refractivity contribution is 0.0635. The fraction of sp³-hybridized carbons (Fsp3) is 0.529. The molecule has 2 amide bonds. The van der Waals surface area contributed by atoms with Gasteiger partial charge in [0.15, 0.2) is 0 Å². The van der Waals surface area contributed by atoms with E-state index in [1.54, 1.807) is 18.2 Å². The Hall–Kier alpha value is -2.64. The average Bonchev–Trinajstić information content (AvgIpc) is 3.26. The predicted molar refractivity (Wildman–Crippen MR) is 88.0 cm³/mol. The van der Waals surface area contributed by atoms with Crippen LogP contribution in [0.5, 0.6) is 0 Å². The number of carbonyl (C=O) groups excluding carboxylic acids is 2. The van der Waals surface area contributed by atoms with Gasteiger partial charge < -0.3 is 9.64 Å². The highest BCUT2D eigenvalue weighted by Gasteiger charge is 2.39. The van der Waals surface area contributed by atoms with Gasteiger partial charge in [0.2, 0.25) is 0 Å². The van der Waals surface area contributed by atoms with Gasteiger partial charge in [-0.2, -0.15) is 0 Å². The van der Waals surface area contributed by atoms with E-state index in [9.17, 15) is 9.59 Å². The molecule has 8 nitrogen and oxygen atoms in total. The molecule has 1 atom stereocenters. The number of likely N-dealkylation sites (tertiary alicyclic amines) is 1. The van der Waals surface area contributed by atoms with E-state index in [0.29, 0.717) is 36.3 Å². The smallest absolute Gasteiger partial charge is 0.410 e. The number of piperidine rings is 1. The van der Waals surface area contributed by atoms with E-state index in [2.05, 4.69) is 21.9 Å². The van der Waals surface area contributed by atoms with Crippen molar-refractivity contribution in [3.63, 3.8) is 0 Å². The monoisotopic (exact) mass is 344 g/mol. The van der Waals surface area contributed by atoms with Crippen LogP contribution in [0.3, 0.4) is 0 Å². The van der Waals surface area contributed by atoms with Gasteiger partial charge in [-0.3, -0.25) is 9.69 Å². The molecule has 3 heterocycles. The van der Waals surface area contributed by atoms with Crippen molar-refractivity contribution in [2.24, 2.45) is 0 Å². The van der Waals surface area contributed by atoms with E-state index in [-0.39, 0.29) is 24.1 Å². The third-order valence-electron chi connectivity index (χ3n) is 5.12. The molecule has 4 rings (SSSR count). The Labute approximate surface area is 144 Å². The minimum atomic E-state index is -0.222. The van der Waals surface area contributed by atoms with E-state index in [0.717, 1.165) is 19.3 Å². The molecule has 1 unspecified atom stereocenters. The van der Waals surface area contributed by atoms with Gasteiger partial charge in [0.25, 0.3) is 5.91 Å². The minimum Gasteiger partial charge on any atom is -0.447 e. The number of fused-ring (bicyclic) bond motifs is 1. The summed E-state index contributed by atoms with van der Waals surface area (Å²) in [4.78, 5) is 28.4. The molecule has 0 bridgehead atoms.